The van der Waals surface area contributed by atoms with Crippen LogP contribution in [0.15, 0.2) is 0 Å². The van der Waals surface area contributed by atoms with Crippen molar-refractivity contribution in [3.05, 3.63) is 0 Å². The van der Waals surface area contributed by atoms with Gasteiger partial charge in [-0.25, -0.2) is 9.59 Å². The second kappa shape index (κ2) is 8.34. The minimum absolute atomic E-state index is 0.00996. The van der Waals surface area contributed by atoms with Gasteiger partial charge in [-0.05, 0) is 19.8 Å². The van der Waals surface area contributed by atoms with Gasteiger partial charge in [-0.15, -0.1) is 0 Å². The van der Waals surface area contributed by atoms with Crippen LogP contribution in [-0.4, -0.2) is 41.6 Å². The fourth-order valence-corrected chi connectivity index (χ4v) is 1.41. The quantitative estimate of drug-likeness (QED) is 0.535. The van der Waals surface area contributed by atoms with Crippen molar-refractivity contribution in [1.82, 2.24) is 16.0 Å². The lowest BCUT2D eigenvalue weighted by molar-refractivity contribution is -0.140. The molecule has 0 saturated carbocycles. The zero-order valence-electron chi connectivity index (χ0n) is 11.8. The summed E-state index contributed by atoms with van der Waals surface area (Å²) in [4.78, 5) is 33.8. The van der Waals surface area contributed by atoms with Crippen LogP contribution in [0.5, 0.6) is 0 Å². The number of urea groups is 1. The second-order valence-corrected chi connectivity index (χ2v) is 4.75. The Labute approximate surface area is 113 Å². The molecular formula is C12H23N3O4. The van der Waals surface area contributed by atoms with Crippen LogP contribution >= 0.6 is 0 Å². The van der Waals surface area contributed by atoms with Crippen LogP contribution < -0.4 is 16.0 Å². The fraction of sp³-hybridized carbons (Fsp3) is 0.750. The molecule has 0 aromatic rings. The Kier molecular flexibility index (Phi) is 7.55. The molecule has 3 amide bonds. The van der Waals surface area contributed by atoms with Gasteiger partial charge in [0.15, 0.2) is 0 Å². The van der Waals surface area contributed by atoms with Crippen LogP contribution in [0, 0.1) is 5.92 Å². The highest BCUT2D eigenvalue weighted by molar-refractivity contribution is 5.86. The van der Waals surface area contributed by atoms with E-state index in [-0.39, 0.29) is 24.4 Å². The van der Waals surface area contributed by atoms with E-state index >= 15 is 0 Å². The number of hydrogen-bond acceptors (Lipinski definition) is 3. The maximum absolute atomic E-state index is 11.5. The summed E-state index contributed by atoms with van der Waals surface area (Å²) in [5.74, 6) is -1.59. The van der Waals surface area contributed by atoms with Gasteiger partial charge in [-0.2, -0.15) is 0 Å². The molecule has 0 heterocycles. The molecule has 7 heteroatoms. The first-order valence-electron chi connectivity index (χ1n) is 6.34. The normalized spacial score (nSPS) is 13.5. The molecule has 0 unspecified atom stereocenters. The number of carboxylic acid groups (broad SMARTS) is 1. The van der Waals surface area contributed by atoms with E-state index < -0.39 is 18.0 Å². The van der Waals surface area contributed by atoms with Crippen molar-refractivity contribution in [2.45, 2.75) is 46.2 Å². The Morgan fingerprint density at radius 1 is 1.11 bits per heavy atom. The molecule has 19 heavy (non-hydrogen) atoms. The molecule has 2 atom stereocenters. The van der Waals surface area contributed by atoms with Crippen molar-refractivity contribution in [3.8, 4) is 0 Å². The predicted octanol–water partition coefficient (Wildman–Crippen LogP) is 0.310. The van der Waals surface area contributed by atoms with Gasteiger partial charge in [-0.3, -0.25) is 4.79 Å². The fourth-order valence-electron chi connectivity index (χ4n) is 1.41. The molecule has 0 aliphatic heterocycles. The molecule has 0 saturated heterocycles. The average Bonchev–Trinajstić information content (AvgIpc) is 2.31. The van der Waals surface area contributed by atoms with Crippen molar-refractivity contribution in [2.24, 2.45) is 5.92 Å². The van der Waals surface area contributed by atoms with E-state index in [1.807, 2.05) is 6.92 Å². The molecule has 0 aromatic heterocycles. The number of carbonyl (C=O) groups is 3. The molecule has 0 aliphatic rings. The molecule has 0 radical (unpaired) electrons. The van der Waals surface area contributed by atoms with Gasteiger partial charge in [-0.1, -0.05) is 20.3 Å². The third-order valence-corrected chi connectivity index (χ3v) is 2.62. The summed E-state index contributed by atoms with van der Waals surface area (Å²) in [7, 11) is 0. The number of rotatable bonds is 7. The smallest absolute Gasteiger partial charge is 0.326 e. The van der Waals surface area contributed by atoms with Crippen molar-refractivity contribution in [3.63, 3.8) is 0 Å². The Morgan fingerprint density at radius 2 is 1.68 bits per heavy atom. The SMILES string of the molecule is CC[C@H](C)[C@H](NC(=O)NCC(=O)NC(C)C)C(=O)O. The molecule has 0 fully saturated rings. The van der Waals surface area contributed by atoms with Crippen molar-refractivity contribution >= 4 is 17.9 Å². The van der Waals surface area contributed by atoms with E-state index in [9.17, 15) is 14.4 Å². The lowest BCUT2D eigenvalue weighted by Crippen LogP contribution is -2.51. The van der Waals surface area contributed by atoms with Gasteiger partial charge in [0.2, 0.25) is 5.91 Å². The topological polar surface area (TPSA) is 108 Å². The summed E-state index contributed by atoms with van der Waals surface area (Å²) in [5, 5.41) is 16.3. The number of amides is 3. The first-order valence-corrected chi connectivity index (χ1v) is 6.34. The Morgan fingerprint density at radius 3 is 2.11 bits per heavy atom. The summed E-state index contributed by atoms with van der Waals surface area (Å²) in [6.07, 6.45) is 0.630. The summed E-state index contributed by atoms with van der Waals surface area (Å²) < 4.78 is 0. The maximum atomic E-state index is 11.5. The number of carboxylic acids is 1. The van der Waals surface area contributed by atoms with E-state index in [0.29, 0.717) is 6.42 Å². The third-order valence-electron chi connectivity index (χ3n) is 2.62. The third kappa shape index (κ3) is 7.28. The minimum Gasteiger partial charge on any atom is -0.480 e. The molecule has 0 aliphatic carbocycles. The van der Waals surface area contributed by atoms with Crippen LogP contribution in [0.4, 0.5) is 4.79 Å². The average molecular weight is 273 g/mol. The zero-order chi connectivity index (χ0) is 15.0. The predicted molar refractivity (Wildman–Crippen MR) is 70.7 cm³/mol. The summed E-state index contributed by atoms with van der Waals surface area (Å²) in [5.41, 5.74) is 0. The lowest BCUT2D eigenvalue weighted by atomic mass is 9.99. The van der Waals surface area contributed by atoms with Gasteiger partial charge < -0.3 is 21.1 Å². The van der Waals surface area contributed by atoms with E-state index in [0.717, 1.165) is 0 Å². The lowest BCUT2D eigenvalue weighted by Gasteiger charge is -2.20. The first kappa shape index (κ1) is 17.2. The summed E-state index contributed by atoms with van der Waals surface area (Å²) in [6, 6.07) is -1.63. The van der Waals surface area contributed by atoms with Gasteiger partial charge in [0.25, 0.3) is 0 Å². The Bertz CT molecular complexity index is 331. The molecule has 7 nitrogen and oxygen atoms in total. The molecule has 0 aromatic carbocycles. The Hall–Kier alpha value is -1.79. The second-order valence-electron chi connectivity index (χ2n) is 4.75. The highest BCUT2D eigenvalue weighted by atomic mass is 16.4. The number of carbonyl (C=O) groups excluding carboxylic acids is 2. The van der Waals surface area contributed by atoms with Gasteiger partial charge in [0, 0.05) is 6.04 Å². The van der Waals surface area contributed by atoms with E-state index in [4.69, 9.17) is 5.11 Å². The van der Waals surface area contributed by atoms with Crippen LogP contribution in [0.3, 0.4) is 0 Å². The first-order chi connectivity index (χ1) is 8.77. The van der Waals surface area contributed by atoms with Crippen LogP contribution in [0.1, 0.15) is 34.1 Å². The standard InChI is InChI=1S/C12H23N3O4/c1-5-8(4)10(11(17)18)15-12(19)13-6-9(16)14-7(2)3/h7-8,10H,5-6H2,1-4H3,(H,14,16)(H,17,18)(H2,13,15,19)/t8-,10-/m0/s1. The zero-order valence-corrected chi connectivity index (χ0v) is 11.8. The monoisotopic (exact) mass is 273 g/mol. The molecule has 4 N–H and O–H groups in total. The van der Waals surface area contributed by atoms with E-state index in [1.165, 1.54) is 0 Å². The largest absolute Gasteiger partial charge is 0.480 e. The minimum atomic E-state index is -1.09. The molecule has 110 valence electrons. The highest BCUT2D eigenvalue weighted by Crippen LogP contribution is 2.07. The van der Waals surface area contributed by atoms with Gasteiger partial charge in [0.1, 0.15) is 6.04 Å². The van der Waals surface area contributed by atoms with E-state index in [2.05, 4.69) is 16.0 Å². The number of hydrogen-bond donors (Lipinski definition) is 4. The van der Waals surface area contributed by atoms with Crippen LogP contribution in [-0.2, 0) is 9.59 Å². The van der Waals surface area contributed by atoms with E-state index in [1.54, 1.807) is 20.8 Å². The van der Waals surface area contributed by atoms with Crippen molar-refractivity contribution in [1.29, 1.82) is 0 Å². The van der Waals surface area contributed by atoms with Crippen LogP contribution in [0.2, 0.25) is 0 Å². The molecule has 0 bridgehead atoms. The highest BCUT2D eigenvalue weighted by Gasteiger charge is 2.25. The maximum Gasteiger partial charge on any atom is 0.326 e. The van der Waals surface area contributed by atoms with Gasteiger partial charge >= 0.3 is 12.0 Å². The summed E-state index contributed by atoms with van der Waals surface area (Å²) in [6.45, 7) is 7.01. The number of aliphatic carboxylic acids is 1. The molecular weight excluding hydrogens is 250 g/mol. The number of nitrogens with one attached hydrogen (secondary N) is 3. The van der Waals surface area contributed by atoms with Crippen molar-refractivity contribution < 1.29 is 19.5 Å². The van der Waals surface area contributed by atoms with Gasteiger partial charge in [0.05, 0.1) is 6.54 Å². The van der Waals surface area contributed by atoms with Crippen molar-refractivity contribution in [2.75, 3.05) is 6.54 Å². The Balaban J connectivity index is 4.21. The molecule has 0 rings (SSSR count). The summed E-state index contributed by atoms with van der Waals surface area (Å²) >= 11 is 0. The van der Waals surface area contributed by atoms with Crippen LogP contribution in [0.25, 0.3) is 0 Å². The molecule has 0 spiro atoms.